The van der Waals surface area contributed by atoms with Gasteiger partial charge >= 0.3 is 0 Å². The molecule has 0 saturated heterocycles. The van der Waals surface area contributed by atoms with Gasteiger partial charge < -0.3 is 4.90 Å². The largest absolute Gasteiger partial charge is 0.377 e. The summed E-state index contributed by atoms with van der Waals surface area (Å²) in [7, 11) is 7.42. The zero-order valence-corrected chi connectivity index (χ0v) is 15.6. The van der Waals surface area contributed by atoms with Gasteiger partial charge in [-0.15, -0.1) is 9.24 Å². The fourth-order valence-corrected chi connectivity index (χ4v) is 5.24. The van der Waals surface area contributed by atoms with Gasteiger partial charge in [0.25, 0.3) is 0 Å². The third kappa shape index (κ3) is 3.35. The van der Waals surface area contributed by atoms with Gasteiger partial charge in [-0.3, -0.25) is 0 Å². The molecule has 0 aromatic heterocycles. The Labute approximate surface area is 139 Å². The van der Waals surface area contributed by atoms with Gasteiger partial charge in [-0.1, -0.05) is 50.7 Å². The lowest BCUT2D eigenvalue weighted by Gasteiger charge is -2.34. The quantitative estimate of drug-likeness (QED) is 0.679. The predicted molar refractivity (Wildman–Crippen MR) is 102 cm³/mol. The van der Waals surface area contributed by atoms with E-state index in [9.17, 15) is 0 Å². The summed E-state index contributed by atoms with van der Waals surface area (Å²) in [6, 6.07) is 4.81. The minimum atomic E-state index is 0.795. The van der Waals surface area contributed by atoms with Gasteiger partial charge in [0, 0.05) is 19.8 Å². The number of nitrogens with zero attached hydrogens (tertiary/aromatic N) is 1. The molecule has 1 nitrogen and oxygen atoms in total. The van der Waals surface area contributed by atoms with Crippen molar-refractivity contribution in [3.63, 3.8) is 0 Å². The first-order chi connectivity index (χ1) is 10.7. The Morgan fingerprint density at radius 3 is 1.91 bits per heavy atom. The van der Waals surface area contributed by atoms with Crippen LogP contribution in [0.4, 0.5) is 5.69 Å². The molecule has 0 aliphatic heterocycles. The minimum absolute atomic E-state index is 0.795. The van der Waals surface area contributed by atoms with Crippen LogP contribution in [-0.2, 0) is 0 Å². The maximum Gasteiger partial charge on any atom is 0.0472 e. The average molecular weight is 317 g/mol. The number of anilines is 1. The summed E-state index contributed by atoms with van der Waals surface area (Å²) in [4.78, 5) is 2.36. The molecule has 3 rings (SSSR count). The molecule has 0 heterocycles. The zero-order valence-electron chi connectivity index (χ0n) is 14.4. The number of hydrogen-bond acceptors (Lipinski definition) is 1. The zero-order chi connectivity index (χ0) is 15.5. The summed E-state index contributed by atoms with van der Waals surface area (Å²) < 4.78 is 0. The first-order valence-electron chi connectivity index (χ1n) is 9.28. The van der Waals surface area contributed by atoms with E-state index in [1.807, 2.05) is 0 Å². The summed E-state index contributed by atoms with van der Waals surface area (Å²) in [5.41, 5.74) is 4.91. The lowest BCUT2D eigenvalue weighted by atomic mass is 9.75. The highest BCUT2D eigenvalue weighted by Gasteiger charge is 2.27. The maximum absolute atomic E-state index is 2.98. The van der Waals surface area contributed by atoms with Crippen LogP contribution in [0, 0.1) is 0 Å². The summed E-state index contributed by atoms with van der Waals surface area (Å²) in [5.74, 6) is 1.61. The molecular weight excluding hydrogens is 285 g/mol. The van der Waals surface area contributed by atoms with Gasteiger partial charge in [0.2, 0.25) is 0 Å². The first kappa shape index (κ1) is 16.3. The Balaban J connectivity index is 2.05. The molecule has 2 heteroatoms. The minimum Gasteiger partial charge on any atom is -0.377 e. The molecule has 2 aliphatic carbocycles. The molecule has 0 bridgehead atoms. The monoisotopic (exact) mass is 317 g/mol. The fraction of sp³-hybridized carbons (Fsp3) is 0.700. The molecule has 0 N–H and O–H groups in total. The summed E-state index contributed by atoms with van der Waals surface area (Å²) in [6.45, 7) is 0. The highest BCUT2D eigenvalue weighted by Crippen LogP contribution is 2.44. The van der Waals surface area contributed by atoms with Crippen molar-refractivity contribution in [1.29, 1.82) is 0 Å². The van der Waals surface area contributed by atoms with Crippen molar-refractivity contribution in [3.8, 4) is 0 Å². The molecule has 0 radical (unpaired) electrons. The van der Waals surface area contributed by atoms with E-state index in [-0.39, 0.29) is 0 Å². The van der Waals surface area contributed by atoms with E-state index >= 15 is 0 Å². The normalized spacial score (nSPS) is 21.0. The van der Waals surface area contributed by atoms with Crippen LogP contribution in [0.1, 0.15) is 87.2 Å². The second-order valence-electron chi connectivity index (χ2n) is 7.57. The van der Waals surface area contributed by atoms with Gasteiger partial charge in [-0.2, -0.15) is 0 Å². The van der Waals surface area contributed by atoms with Crippen LogP contribution in [0.15, 0.2) is 12.1 Å². The van der Waals surface area contributed by atoms with Crippen LogP contribution in [-0.4, -0.2) is 14.1 Å². The van der Waals surface area contributed by atoms with E-state index in [0.717, 1.165) is 11.8 Å². The Hall–Kier alpha value is -0.550. The van der Waals surface area contributed by atoms with E-state index in [2.05, 4.69) is 40.4 Å². The Kier molecular flexibility index (Phi) is 5.45. The van der Waals surface area contributed by atoms with E-state index in [0.29, 0.717) is 0 Å². The second-order valence-corrected chi connectivity index (χ2v) is 8.19. The Morgan fingerprint density at radius 1 is 0.818 bits per heavy atom. The first-order valence-corrected chi connectivity index (χ1v) is 9.86. The topological polar surface area (TPSA) is 3.24 Å². The van der Waals surface area contributed by atoms with Crippen LogP contribution in [0.5, 0.6) is 0 Å². The highest BCUT2D eigenvalue weighted by atomic mass is 31.0. The molecule has 1 unspecified atom stereocenters. The number of rotatable bonds is 3. The van der Waals surface area contributed by atoms with Crippen molar-refractivity contribution >= 4 is 20.2 Å². The SMILES string of the molecule is CN(C)c1c(P)ccc(C2CCCCC2)c1C1CCCCC1. The lowest BCUT2D eigenvalue weighted by molar-refractivity contribution is 0.419. The van der Waals surface area contributed by atoms with E-state index in [1.54, 1.807) is 11.1 Å². The molecule has 1 atom stereocenters. The van der Waals surface area contributed by atoms with Crippen molar-refractivity contribution < 1.29 is 0 Å². The lowest BCUT2D eigenvalue weighted by Crippen LogP contribution is -2.23. The summed E-state index contributed by atoms with van der Waals surface area (Å²) in [5, 5.41) is 1.38. The van der Waals surface area contributed by atoms with E-state index in [4.69, 9.17) is 0 Å². The van der Waals surface area contributed by atoms with Gasteiger partial charge in [0.1, 0.15) is 0 Å². The van der Waals surface area contributed by atoms with Crippen LogP contribution in [0.25, 0.3) is 0 Å². The molecule has 122 valence electrons. The molecule has 2 saturated carbocycles. The van der Waals surface area contributed by atoms with Crippen molar-refractivity contribution in [1.82, 2.24) is 0 Å². The Morgan fingerprint density at radius 2 is 1.36 bits per heavy atom. The van der Waals surface area contributed by atoms with Gasteiger partial charge in [-0.25, -0.2) is 0 Å². The summed E-state index contributed by atoms with van der Waals surface area (Å²) in [6.07, 6.45) is 14.2. The van der Waals surface area contributed by atoms with E-state index in [1.165, 1.54) is 75.2 Å². The van der Waals surface area contributed by atoms with Gasteiger partial charge in [-0.05, 0) is 54.0 Å². The van der Waals surface area contributed by atoms with Gasteiger partial charge in [0.05, 0.1) is 0 Å². The standard InChI is InChI=1S/C20H32NP/c1-21(2)20-18(22)14-13-17(15-9-5-3-6-10-15)19(20)16-11-7-4-8-12-16/h13-16H,3-12,22H2,1-2H3. The Bertz CT molecular complexity index is 497. The number of benzene rings is 1. The van der Waals surface area contributed by atoms with Crippen molar-refractivity contribution in [2.24, 2.45) is 0 Å². The molecule has 22 heavy (non-hydrogen) atoms. The third-order valence-corrected chi connectivity index (χ3v) is 6.25. The average Bonchev–Trinajstić information content (AvgIpc) is 2.56. The van der Waals surface area contributed by atoms with Crippen molar-refractivity contribution in [2.45, 2.75) is 76.0 Å². The molecular formula is C20H32NP. The van der Waals surface area contributed by atoms with E-state index < -0.39 is 0 Å². The third-order valence-electron chi connectivity index (χ3n) is 5.79. The maximum atomic E-state index is 2.98. The fourth-order valence-electron chi connectivity index (χ4n) is 4.73. The number of hydrogen-bond donors (Lipinski definition) is 0. The summed E-state index contributed by atoms with van der Waals surface area (Å²) >= 11 is 0. The van der Waals surface area contributed by atoms with Crippen LogP contribution in [0.3, 0.4) is 0 Å². The van der Waals surface area contributed by atoms with Crippen LogP contribution in [0.2, 0.25) is 0 Å². The molecule has 0 amide bonds. The molecule has 0 spiro atoms. The van der Waals surface area contributed by atoms with Crippen molar-refractivity contribution in [2.75, 3.05) is 19.0 Å². The van der Waals surface area contributed by atoms with Crippen LogP contribution >= 0.6 is 9.24 Å². The predicted octanol–water partition coefficient (Wildman–Crippen LogP) is 5.35. The molecule has 1 aromatic rings. The smallest absolute Gasteiger partial charge is 0.0472 e. The molecule has 2 fully saturated rings. The molecule has 2 aliphatic rings. The molecule has 1 aromatic carbocycles. The highest BCUT2D eigenvalue weighted by molar-refractivity contribution is 7.28. The van der Waals surface area contributed by atoms with Crippen molar-refractivity contribution in [3.05, 3.63) is 23.3 Å². The second kappa shape index (κ2) is 7.35. The van der Waals surface area contributed by atoms with Crippen LogP contribution < -0.4 is 10.2 Å². The van der Waals surface area contributed by atoms with Gasteiger partial charge in [0.15, 0.2) is 0 Å².